The Labute approximate surface area is 72.2 Å². The van der Waals surface area contributed by atoms with E-state index in [4.69, 9.17) is 0 Å². The Morgan fingerprint density at radius 2 is 1.83 bits per heavy atom. The lowest BCUT2D eigenvalue weighted by Gasteiger charge is -2.45. The van der Waals surface area contributed by atoms with Gasteiger partial charge in [0.2, 0.25) is 0 Å². The van der Waals surface area contributed by atoms with Crippen LogP contribution >= 0.6 is 0 Å². The van der Waals surface area contributed by atoms with Gasteiger partial charge in [-0.2, -0.15) is 0 Å². The molecule has 0 aliphatic heterocycles. The van der Waals surface area contributed by atoms with Crippen molar-refractivity contribution in [1.82, 2.24) is 0 Å². The summed E-state index contributed by atoms with van der Waals surface area (Å²) in [4.78, 5) is 0. The van der Waals surface area contributed by atoms with Gasteiger partial charge in [0.15, 0.2) is 0 Å². The second-order valence-electron chi connectivity index (χ2n) is 4.84. The van der Waals surface area contributed by atoms with E-state index in [1.54, 1.807) is 0 Å². The highest BCUT2D eigenvalue weighted by atomic mass is 19.1. The number of halogens is 1. The predicted octanol–water partition coefficient (Wildman–Crippen LogP) is 3.36. The Kier molecular flexibility index (Phi) is 0.964. The Bertz CT molecular complexity index is 301. The lowest BCUT2D eigenvalue weighted by atomic mass is 9.59. The molecule has 4 aliphatic carbocycles. The van der Waals surface area contributed by atoms with Crippen LogP contribution in [0.25, 0.3) is 0 Å². The minimum Gasteiger partial charge on any atom is -0.207 e. The minimum atomic E-state index is 0.0764. The van der Waals surface area contributed by atoms with Crippen molar-refractivity contribution in [3.05, 3.63) is 23.6 Å². The van der Waals surface area contributed by atoms with Crippen molar-refractivity contribution in [2.45, 2.75) is 32.6 Å². The Hall–Kier alpha value is -0.590. The van der Waals surface area contributed by atoms with Crippen LogP contribution in [0.2, 0.25) is 0 Å². The highest BCUT2D eigenvalue weighted by Gasteiger charge is 2.50. The standard InChI is InChI=1S/C11H13F/c1-10-2-4-11(5-3-10)6-8(10)9(12)7-11/h6-7H,2-5H2,1H3. The molecule has 0 atom stereocenters. The van der Waals surface area contributed by atoms with E-state index < -0.39 is 0 Å². The lowest BCUT2D eigenvalue weighted by molar-refractivity contribution is 0.173. The molecule has 0 radical (unpaired) electrons. The first-order valence-corrected chi connectivity index (χ1v) is 4.76. The molecule has 0 aromatic rings. The molecule has 64 valence electrons. The third-order valence-corrected chi connectivity index (χ3v) is 4.04. The van der Waals surface area contributed by atoms with Gasteiger partial charge < -0.3 is 0 Å². The van der Waals surface area contributed by atoms with Crippen LogP contribution in [0.15, 0.2) is 23.6 Å². The maximum absolute atomic E-state index is 13.5. The predicted molar refractivity (Wildman–Crippen MR) is 46.3 cm³/mol. The van der Waals surface area contributed by atoms with Gasteiger partial charge in [-0.3, -0.25) is 0 Å². The second-order valence-corrected chi connectivity index (χ2v) is 4.84. The summed E-state index contributed by atoms with van der Waals surface area (Å²) in [5.41, 5.74) is 1.34. The van der Waals surface area contributed by atoms with Gasteiger partial charge >= 0.3 is 0 Å². The monoisotopic (exact) mass is 164 g/mol. The zero-order valence-corrected chi connectivity index (χ0v) is 7.36. The third-order valence-electron chi connectivity index (χ3n) is 4.04. The van der Waals surface area contributed by atoms with Gasteiger partial charge in [-0.15, -0.1) is 0 Å². The summed E-state index contributed by atoms with van der Waals surface area (Å²) in [6, 6.07) is 0. The van der Waals surface area contributed by atoms with Crippen LogP contribution in [0.5, 0.6) is 0 Å². The van der Waals surface area contributed by atoms with Crippen molar-refractivity contribution in [2.24, 2.45) is 10.8 Å². The van der Waals surface area contributed by atoms with Crippen molar-refractivity contribution < 1.29 is 4.39 Å². The van der Waals surface area contributed by atoms with Crippen molar-refractivity contribution in [2.75, 3.05) is 0 Å². The summed E-state index contributed by atoms with van der Waals surface area (Å²) >= 11 is 0. The van der Waals surface area contributed by atoms with Crippen LogP contribution in [-0.2, 0) is 0 Å². The smallest absolute Gasteiger partial charge is 0.123 e. The maximum Gasteiger partial charge on any atom is 0.123 e. The molecule has 1 spiro atoms. The van der Waals surface area contributed by atoms with Crippen LogP contribution in [0.3, 0.4) is 0 Å². The van der Waals surface area contributed by atoms with Gasteiger partial charge in [-0.25, -0.2) is 4.39 Å². The second kappa shape index (κ2) is 1.68. The first-order valence-electron chi connectivity index (χ1n) is 4.76. The van der Waals surface area contributed by atoms with Crippen LogP contribution in [0.1, 0.15) is 32.6 Å². The molecule has 1 heteroatoms. The summed E-state index contributed by atoms with van der Waals surface area (Å²) in [5, 5.41) is 0. The first kappa shape index (κ1) is 6.88. The summed E-state index contributed by atoms with van der Waals surface area (Å²) in [6.45, 7) is 2.21. The molecular weight excluding hydrogens is 151 g/mol. The molecule has 0 N–H and O–H groups in total. The third kappa shape index (κ3) is 0.596. The summed E-state index contributed by atoms with van der Waals surface area (Å²) in [5.74, 6) is 0.0764. The average molecular weight is 164 g/mol. The van der Waals surface area contributed by atoms with E-state index in [9.17, 15) is 4.39 Å². The van der Waals surface area contributed by atoms with Crippen LogP contribution in [0.4, 0.5) is 4.39 Å². The lowest BCUT2D eigenvalue weighted by Crippen LogP contribution is -2.34. The summed E-state index contributed by atoms with van der Waals surface area (Å²) in [7, 11) is 0. The average Bonchev–Trinajstić information content (AvgIpc) is 2.29. The number of allylic oxidation sites excluding steroid dienone is 4. The normalized spacial score (nSPS) is 49.2. The molecule has 0 amide bonds. The molecule has 0 unspecified atom stereocenters. The minimum absolute atomic E-state index is 0.0764. The topological polar surface area (TPSA) is 0 Å². The highest BCUT2D eigenvalue weighted by molar-refractivity contribution is 5.47. The van der Waals surface area contributed by atoms with E-state index in [1.165, 1.54) is 25.7 Å². The number of rotatable bonds is 0. The Morgan fingerprint density at radius 1 is 1.17 bits per heavy atom. The first-order chi connectivity index (χ1) is 5.64. The zero-order valence-electron chi connectivity index (χ0n) is 7.36. The van der Waals surface area contributed by atoms with Gasteiger partial charge in [-0.1, -0.05) is 13.0 Å². The Morgan fingerprint density at radius 3 is 2.42 bits per heavy atom. The molecule has 1 fully saturated rings. The largest absolute Gasteiger partial charge is 0.207 e. The number of hydrogen-bond acceptors (Lipinski definition) is 0. The molecule has 0 heterocycles. The van der Waals surface area contributed by atoms with E-state index in [0.717, 1.165) is 5.57 Å². The number of hydrogen-bond donors (Lipinski definition) is 0. The number of fused-ring (bicyclic) bond motifs is 2. The SMILES string of the molecule is CC12CCC3(C=C(F)C1=C3)CC2. The molecule has 0 saturated heterocycles. The molecule has 4 rings (SSSR count). The van der Waals surface area contributed by atoms with Crippen molar-refractivity contribution >= 4 is 0 Å². The van der Waals surface area contributed by atoms with Crippen molar-refractivity contribution in [3.8, 4) is 0 Å². The molecular formula is C11H13F. The van der Waals surface area contributed by atoms with Gasteiger partial charge in [0.25, 0.3) is 0 Å². The van der Waals surface area contributed by atoms with Gasteiger partial charge in [0.1, 0.15) is 5.83 Å². The van der Waals surface area contributed by atoms with Crippen molar-refractivity contribution in [3.63, 3.8) is 0 Å². The van der Waals surface area contributed by atoms with Crippen LogP contribution < -0.4 is 0 Å². The fourth-order valence-corrected chi connectivity index (χ4v) is 3.02. The van der Waals surface area contributed by atoms with Gasteiger partial charge in [0.05, 0.1) is 0 Å². The van der Waals surface area contributed by atoms with Crippen molar-refractivity contribution in [1.29, 1.82) is 0 Å². The van der Waals surface area contributed by atoms with Crippen LogP contribution in [0, 0.1) is 10.8 Å². The van der Waals surface area contributed by atoms with E-state index in [1.807, 2.05) is 6.08 Å². The quantitative estimate of drug-likeness (QED) is 0.515. The van der Waals surface area contributed by atoms with E-state index in [-0.39, 0.29) is 16.7 Å². The molecule has 0 nitrogen and oxygen atoms in total. The van der Waals surface area contributed by atoms with Gasteiger partial charge in [0, 0.05) is 5.41 Å². The Balaban J connectivity index is 2.24. The fourth-order valence-electron chi connectivity index (χ4n) is 3.02. The summed E-state index contributed by atoms with van der Waals surface area (Å²) < 4.78 is 13.5. The fraction of sp³-hybridized carbons (Fsp3) is 0.636. The molecule has 0 aromatic carbocycles. The van der Waals surface area contributed by atoms with Crippen LogP contribution in [-0.4, -0.2) is 0 Å². The zero-order chi connectivity index (χ0) is 8.40. The highest BCUT2D eigenvalue weighted by Crippen LogP contribution is 2.62. The van der Waals surface area contributed by atoms with E-state index in [0.29, 0.717) is 0 Å². The molecule has 12 heavy (non-hydrogen) atoms. The summed E-state index contributed by atoms with van der Waals surface area (Å²) in [6.07, 6.45) is 8.75. The molecule has 0 aromatic heterocycles. The molecule has 3 bridgehead atoms. The maximum atomic E-state index is 13.5. The van der Waals surface area contributed by atoms with E-state index >= 15 is 0 Å². The molecule has 4 aliphatic rings. The van der Waals surface area contributed by atoms with E-state index in [2.05, 4.69) is 13.0 Å². The van der Waals surface area contributed by atoms with Gasteiger partial charge in [-0.05, 0) is 42.7 Å². The molecule has 1 saturated carbocycles.